The van der Waals surface area contributed by atoms with Gasteiger partial charge in [0.2, 0.25) is 0 Å². The standard InChI is InChI=1S/C14H26N2OS/c1-6-7-15-13(14(17-5)10(2)3)8-12-9-18-11(4)16-12/h9-10,13-15H,6-8H2,1-5H3. The minimum atomic E-state index is 0.235. The van der Waals surface area contributed by atoms with Crippen molar-refractivity contribution in [1.29, 1.82) is 0 Å². The molecule has 4 heteroatoms. The summed E-state index contributed by atoms with van der Waals surface area (Å²) in [7, 11) is 1.80. The van der Waals surface area contributed by atoms with E-state index >= 15 is 0 Å². The number of ether oxygens (including phenoxy) is 1. The number of hydrogen-bond donors (Lipinski definition) is 1. The van der Waals surface area contributed by atoms with Crippen LogP contribution in [0, 0.1) is 12.8 Å². The largest absolute Gasteiger partial charge is 0.380 e. The van der Waals surface area contributed by atoms with Crippen molar-refractivity contribution in [3.63, 3.8) is 0 Å². The summed E-state index contributed by atoms with van der Waals surface area (Å²) in [6, 6.07) is 0.344. The Hall–Kier alpha value is -0.450. The van der Waals surface area contributed by atoms with Gasteiger partial charge >= 0.3 is 0 Å². The van der Waals surface area contributed by atoms with Gasteiger partial charge in [0.25, 0.3) is 0 Å². The lowest BCUT2D eigenvalue weighted by molar-refractivity contribution is 0.0330. The predicted octanol–water partition coefficient (Wildman–Crippen LogP) is 3.03. The van der Waals surface area contributed by atoms with E-state index < -0.39 is 0 Å². The Bertz CT molecular complexity index is 338. The SMILES string of the molecule is CCCNC(Cc1csc(C)n1)C(OC)C(C)C. The molecular weight excluding hydrogens is 244 g/mol. The summed E-state index contributed by atoms with van der Waals surface area (Å²) in [5.41, 5.74) is 1.17. The van der Waals surface area contributed by atoms with E-state index in [0.29, 0.717) is 12.0 Å². The molecule has 0 bridgehead atoms. The average molecular weight is 270 g/mol. The van der Waals surface area contributed by atoms with Crippen LogP contribution in [0.4, 0.5) is 0 Å². The van der Waals surface area contributed by atoms with E-state index in [1.807, 2.05) is 0 Å². The van der Waals surface area contributed by atoms with Crippen LogP contribution in [0.25, 0.3) is 0 Å². The molecule has 1 heterocycles. The highest BCUT2D eigenvalue weighted by atomic mass is 32.1. The first kappa shape index (κ1) is 15.6. The molecule has 0 saturated carbocycles. The zero-order valence-corrected chi connectivity index (χ0v) is 13.0. The second-order valence-corrected chi connectivity index (χ2v) is 6.13. The van der Waals surface area contributed by atoms with E-state index in [-0.39, 0.29) is 6.10 Å². The van der Waals surface area contributed by atoms with Crippen LogP contribution in [0.3, 0.4) is 0 Å². The van der Waals surface area contributed by atoms with Gasteiger partial charge < -0.3 is 10.1 Å². The second-order valence-electron chi connectivity index (χ2n) is 5.07. The summed E-state index contributed by atoms with van der Waals surface area (Å²) >= 11 is 1.72. The van der Waals surface area contributed by atoms with Gasteiger partial charge in [-0.3, -0.25) is 0 Å². The van der Waals surface area contributed by atoms with Gasteiger partial charge in [0, 0.05) is 25.0 Å². The molecule has 0 amide bonds. The van der Waals surface area contributed by atoms with E-state index in [2.05, 4.69) is 43.4 Å². The zero-order chi connectivity index (χ0) is 13.5. The molecule has 3 nitrogen and oxygen atoms in total. The predicted molar refractivity (Wildman–Crippen MR) is 78.3 cm³/mol. The van der Waals surface area contributed by atoms with Crippen LogP contribution in [-0.4, -0.2) is 30.8 Å². The Kier molecular flexibility index (Phi) is 6.82. The topological polar surface area (TPSA) is 34.2 Å². The quantitative estimate of drug-likeness (QED) is 0.788. The van der Waals surface area contributed by atoms with Crippen LogP contribution in [-0.2, 0) is 11.2 Å². The van der Waals surface area contributed by atoms with Gasteiger partial charge in [0.1, 0.15) is 0 Å². The highest BCUT2D eigenvalue weighted by molar-refractivity contribution is 7.09. The molecular formula is C14H26N2OS. The number of rotatable bonds is 8. The zero-order valence-electron chi connectivity index (χ0n) is 12.2. The van der Waals surface area contributed by atoms with Crippen molar-refractivity contribution in [1.82, 2.24) is 10.3 Å². The summed E-state index contributed by atoms with van der Waals surface area (Å²) < 4.78 is 5.66. The van der Waals surface area contributed by atoms with Crippen molar-refractivity contribution in [2.24, 2.45) is 5.92 Å². The van der Waals surface area contributed by atoms with Crippen LogP contribution in [0.1, 0.15) is 37.9 Å². The number of thiazole rings is 1. The van der Waals surface area contributed by atoms with E-state index in [4.69, 9.17) is 4.74 Å². The van der Waals surface area contributed by atoms with Gasteiger partial charge in [-0.05, 0) is 25.8 Å². The fourth-order valence-corrected chi connectivity index (χ4v) is 2.89. The number of aryl methyl sites for hydroxylation is 1. The van der Waals surface area contributed by atoms with Gasteiger partial charge in [0.15, 0.2) is 0 Å². The molecule has 0 aliphatic carbocycles. The van der Waals surface area contributed by atoms with E-state index in [9.17, 15) is 0 Å². The van der Waals surface area contributed by atoms with Gasteiger partial charge in [-0.25, -0.2) is 4.98 Å². The summed E-state index contributed by atoms with van der Waals surface area (Å²) in [5, 5.41) is 6.89. The normalized spacial score (nSPS) is 15.0. The van der Waals surface area contributed by atoms with Crippen molar-refractivity contribution in [3.8, 4) is 0 Å². The number of methoxy groups -OCH3 is 1. The van der Waals surface area contributed by atoms with E-state index in [1.165, 1.54) is 5.69 Å². The summed E-state index contributed by atoms with van der Waals surface area (Å²) in [5.74, 6) is 0.504. The molecule has 0 saturated heterocycles. The Morgan fingerprint density at radius 2 is 2.17 bits per heavy atom. The van der Waals surface area contributed by atoms with Gasteiger partial charge in [-0.15, -0.1) is 11.3 Å². The lowest BCUT2D eigenvalue weighted by atomic mass is 9.96. The molecule has 0 aliphatic heterocycles. The van der Waals surface area contributed by atoms with Crippen molar-refractivity contribution in [2.75, 3.05) is 13.7 Å². The molecule has 1 aromatic rings. The fraction of sp³-hybridized carbons (Fsp3) is 0.786. The molecule has 1 N–H and O–H groups in total. The maximum Gasteiger partial charge on any atom is 0.0897 e. The van der Waals surface area contributed by atoms with Gasteiger partial charge in [-0.2, -0.15) is 0 Å². The fourth-order valence-electron chi connectivity index (χ4n) is 2.26. The molecule has 1 aromatic heterocycles. The van der Waals surface area contributed by atoms with Crippen LogP contribution in [0.15, 0.2) is 5.38 Å². The van der Waals surface area contributed by atoms with Gasteiger partial charge in [0.05, 0.1) is 16.8 Å². The minimum Gasteiger partial charge on any atom is -0.380 e. The summed E-state index contributed by atoms with van der Waals surface area (Å²) in [6.45, 7) is 9.69. The maximum atomic E-state index is 5.66. The third-order valence-corrected chi connectivity index (χ3v) is 3.90. The van der Waals surface area contributed by atoms with Crippen molar-refractivity contribution in [2.45, 2.75) is 52.7 Å². The molecule has 1 rings (SSSR count). The van der Waals surface area contributed by atoms with E-state index in [0.717, 1.165) is 24.4 Å². The lowest BCUT2D eigenvalue weighted by Crippen LogP contribution is -2.45. The van der Waals surface area contributed by atoms with Crippen molar-refractivity contribution < 1.29 is 4.74 Å². The Labute approximate surface area is 115 Å². The molecule has 0 spiro atoms. The van der Waals surface area contributed by atoms with Crippen LogP contribution in [0.5, 0.6) is 0 Å². The number of hydrogen-bond acceptors (Lipinski definition) is 4. The molecule has 2 unspecified atom stereocenters. The first-order chi connectivity index (χ1) is 8.58. The third-order valence-electron chi connectivity index (χ3n) is 3.08. The van der Waals surface area contributed by atoms with Crippen LogP contribution >= 0.6 is 11.3 Å². The van der Waals surface area contributed by atoms with Crippen LogP contribution in [0.2, 0.25) is 0 Å². The Morgan fingerprint density at radius 3 is 2.61 bits per heavy atom. The molecule has 0 radical (unpaired) electrons. The Balaban J connectivity index is 2.70. The lowest BCUT2D eigenvalue weighted by Gasteiger charge is -2.29. The van der Waals surface area contributed by atoms with Crippen molar-refractivity contribution in [3.05, 3.63) is 16.1 Å². The minimum absolute atomic E-state index is 0.235. The first-order valence-electron chi connectivity index (χ1n) is 6.75. The molecule has 0 fully saturated rings. The van der Waals surface area contributed by atoms with Gasteiger partial charge in [-0.1, -0.05) is 20.8 Å². The smallest absolute Gasteiger partial charge is 0.0897 e. The molecule has 0 aromatic carbocycles. The maximum absolute atomic E-state index is 5.66. The van der Waals surface area contributed by atoms with Crippen molar-refractivity contribution >= 4 is 11.3 Å². The highest BCUT2D eigenvalue weighted by Crippen LogP contribution is 2.16. The number of nitrogens with zero attached hydrogens (tertiary/aromatic N) is 1. The molecule has 18 heavy (non-hydrogen) atoms. The second kappa shape index (κ2) is 7.87. The Morgan fingerprint density at radius 1 is 1.44 bits per heavy atom. The highest BCUT2D eigenvalue weighted by Gasteiger charge is 2.24. The third kappa shape index (κ3) is 4.67. The number of nitrogens with one attached hydrogen (secondary N) is 1. The van der Waals surface area contributed by atoms with E-state index in [1.54, 1.807) is 18.4 Å². The molecule has 0 aliphatic rings. The summed E-state index contributed by atoms with van der Waals surface area (Å²) in [4.78, 5) is 4.56. The molecule has 104 valence electrons. The summed E-state index contributed by atoms with van der Waals surface area (Å²) in [6.07, 6.45) is 2.32. The van der Waals surface area contributed by atoms with Crippen LogP contribution < -0.4 is 5.32 Å². The monoisotopic (exact) mass is 270 g/mol. The average Bonchev–Trinajstić information content (AvgIpc) is 2.72. The molecule has 2 atom stereocenters. The first-order valence-corrected chi connectivity index (χ1v) is 7.63. The number of aromatic nitrogens is 1.